The molecule has 3 atom stereocenters. The van der Waals surface area contributed by atoms with E-state index in [4.69, 9.17) is 10.5 Å². The average molecular weight is 263 g/mol. The van der Waals surface area contributed by atoms with Gasteiger partial charge in [-0.15, -0.1) is 0 Å². The third-order valence-electron chi connectivity index (χ3n) is 5.27. The first-order valence-corrected chi connectivity index (χ1v) is 7.82. The molecule has 3 aliphatic carbocycles. The Bertz CT molecular complexity index is 358. The van der Waals surface area contributed by atoms with Crippen LogP contribution < -0.4 is 5.73 Å². The van der Waals surface area contributed by atoms with Crippen LogP contribution in [-0.4, -0.2) is 18.6 Å². The zero-order valence-electron chi connectivity index (χ0n) is 11.6. The molecule has 0 radical (unpaired) electrons. The summed E-state index contributed by atoms with van der Waals surface area (Å²) in [6.45, 7) is 0.776. The van der Waals surface area contributed by atoms with Crippen molar-refractivity contribution in [2.24, 2.45) is 29.4 Å². The minimum atomic E-state index is 0.0298. The van der Waals surface area contributed by atoms with E-state index in [1.807, 2.05) is 0 Å². The number of carbonyl (C=O) groups excluding carboxylic acids is 1. The van der Waals surface area contributed by atoms with Crippen molar-refractivity contribution in [3.05, 3.63) is 12.2 Å². The van der Waals surface area contributed by atoms with Crippen molar-refractivity contribution in [1.29, 1.82) is 0 Å². The lowest BCUT2D eigenvalue weighted by atomic mass is 9.87. The molecule has 19 heavy (non-hydrogen) atoms. The zero-order chi connectivity index (χ0) is 13.2. The Labute approximate surface area is 115 Å². The fourth-order valence-corrected chi connectivity index (χ4v) is 4.06. The molecule has 0 aromatic rings. The maximum absolute atomic E-state index is 12.0. The van der Waals surface area contributed by atoms with Gasteiger partial charge in [0.2, 0.25) is 0 Å². The molecule has 0 aliphatic heterocycles. The molecule has 3 rings (SSSR count). The van der Waals surface area contributed by atoms with E-state index < -0.39 is 0 Å². The second-order valence-electron chi connectivity index (χ2n) is 6.61. The Morgan fingerprint density at radius 1 is 1.16 bits per heavy atom. The van der Waals surface area contributed by atoms with E-state index in [-0.39, 0.29) is 12.1 Å². The van der Waals surface area contributed by atoms with Crippen LogP contribution in [-0.2, 0) is 9.53 Å². The fraction of sp³-hybridized carbons (Fsp3) is 0.812. The SMILES string of the molecule is NCC1CCC(OC(=O)CC2CC3C=CC2C3)CC1. The smallest absolute Gasteiger partial charge is 0.306 e. The lowest BCUT2D eigenvalue weighted by molar-refractivity contribution is -0.152. The standard InChI is InChI=1S/C16H25NO2/c17-10-11-2-5-15(6-3-11)19-16(18)9-14-8-12-1-4-13(14)7-12/h1,4,11-15H,2-3,5-10,17H2. The second-order valence-corrected chi connectivity index (χ2v) is 6.61. The molecule has 0 spiro atoms. The van der Waals surface area contributed by atoms with Crippen LogP contribution in [0.4, 0.5) is 0 Å². The van der Waals surface area contributed by atoms with Gasteiger partial charge in [-0.05, 0) is 68.7 Å². The van der Waals surface area contributed by atoms with Gasteiger partial charge in [-0.25, -0.2) is 0 Å². The van der Waals surface area contributed by atoms with Crippen LogP contribution >= 0.6 is 0 Å². The van der Waals surface area contributed by atoms with Crippen LogP contribution in [0, 0.1) is 23.7 Å². The van der Waals surface area contributed by atoms with Crippen molar-refractivity contribution in [3.63, 3.8) is 0 Å². The molecule has 3 nitrogen and oxygen atoms in total. The van der Waals surface area contributed by atoms with Gasteiger partial charge in [-0.2, -0.15) is 0 Å². The highest BCUT2D eigenvalue weighted by Gasteiger charge is 2.37. The number of nitrogens with two attached hydrogens (primary N) is 1. The highest BCUT2D eigenvalue weighted by molar-refractivity contribution is 5.70. The van der Waals surface area contributed by atoms with Gasteiger partial charge in [-0.3, -0.25) is 4.79 Å². The Kier molecular flexibility index (Phi) is 3.92. The normalized spacial score (nSPS) is 40.6. The summed E-state index contributed by atoms with van der Waals surface area (Å²) in [7, 11) is 0. The van der Waals surface area contributed by atoms with Crippen LogP contribution in [0.1, 0.15) is 44.9 Å². The molecule has 0 heterocycles. The third kappa shape index (κ3) is 3.02. The van der Waals surface area contributed by atoms with Gasteiger partial charge in [0, 0.05) is 6.42 Å². The Balaban J connectivity index is 1.41. The monoisotopic (exact) mass is 263 g/mol. The summed E-state index contributed by atoms with van der Waals surface area (Å²) in [6.07, 6.45) is 12.1. The predicted molar refractivity (Wildman–Crippen MR) is 74.4 cm³/mol. The van der Waals surface area contributed by atoms with E-state index in [1.54, 1.807) is 0 Å². The summed E-state index contributed by atoms with van der Waals surface area (Å²) in [5.41, 5.74) is 5.68. The summed E-state index contributed by atoms with van der Waals surface area (Å²) in [5.74, 6) is 2.60. The van der Waals surface area contributed by atoms with Crippen molar-refractivity contribution in [2.45, 2.75) is 51.0 Å². The van der Waals surface area contributed by atoms with Crippen LogP contribution in [0.25, 0.3) is 0 Å². The number of allylic oxidation sites excluding steroid dienone is 2. The minimum absolute atomic E-state index is 0.0298. The lowest BCUT2D eigenvalue weighted by Crippen LogP contribution is -2.28. The van der Waals surface area contributed by atoms with Gasteiger partial charge < -0.3 is 10.5 Å². The Hall–Kier alpha value is -0.830. The van der Waals surface area contributed by atoms with Gasteiger partial charge >= 0.3 is 5.97 Å². The van der Waals surface area contributed by atoms with Crippen molar-refractivity contribution in [3.8, 4) is 0 Å². The predicted octanol–water partition coefficient (Wildman–Crippen LogP) is 2.65. The topological polar surface area (TPSA) is 52.3 Å². The summed E-state index contributed by atoms with van der Waals surface area (Å²) in [4.78, 5) is 12.0. The summed E-state index contributed by atoms with van der Waals surface area (Å²) in [6, 6.07) is 0. The lowest BCUT2D eigenvalue weighted by Gasteiger charge is -2.28. The highest BCUT2D eigenvalue weighted by Crippen LogP contribution is 2.45. The maximum Gasteiger partial charge on any atom is 0.306 e. The molecule has 0 aromatic carbocycles. The van der Waals surface area contributed by atoms with Crippen LogP contribution in [0.3, 0.4) is 0 Å². The summed E-state index contributed by atoms with van der Waals surface area (Å²) >= 11 is 0. The first-order chi connectivity index (χ1) is 9.24. The summed E-state index contributed by atoms with van der Waals surface area (Å²) in [5, 5.41) is 0. The van der Waals surface area contributed by atoms with Crippen LogP contribution in [0.15, 0.2) is 12.2 Å². The molecule has 2 fully saturated rings. The Morgan fingerprint density at radius 3 is 2.53 bits per heavy atom. The van der Waals surface area contributed by atoms with Crippen molar-refractivity contribution in [1.82, 2.24) is 0 Å². The van der Waals surface area contributed by atoms with Gasteiger partial charge in [0.25, 0.3) is 0 Å². The molecule has 0 saturated heterocycles. The van der Waals surface area contributed by atoms with Gasteiger partial charge in [0.1, 0.15) is 6.10 Å². The summed E-state index contributed by atoms with van der Waals surface area (Å²) < 4.78 is 5.65. The third-order valence-corrected chi connectivity index (χ3v) is 5.27. The van der Waals surface area contributed by atoms with Gasteiger partial charge in [0.05, 0.1) is 0 Å². The Morgan fingerprint density at radius 2 is 1.95 bits per heavy atom. The fourth-order valence-electron chi connectivity index (χ4n) is 4.06. The number of hydrogen-bond acceptors (Lipinski definition) is 3. The number of fused-ring (bicyclic) bond motifs is 2. The molecule has 2 saturated carbocycles. The number of carbonyl (C=O) groups is 1. The molecule has 0 amide bonds. The van der Waals surface area contributed by atoms with E-state index in [9.17, 15) is 4.79 Å². The molecule has 0 aromatic heterocycles. The molecular weight excluding hydrogens is 238 g/mol. The number of rotatable bonds is 4. The zero-order valence-corrected chi connectivity index (χ0v) is 11.6. The second kappa shape index (κ2) is 5.66. The van der Waals surface area contributed by atoms with E-state index in [0.717, 1.165) is 38.1 Å². The minimum Gasteiger partial charge on any atom is -0.462 e. The molecule has 106 valence electrons. The van der Waals surface area contributed by atoms with Gasteiger partial charge in [-0.1, -0.05) is 12.2 Å². The molecule has 3 heteroatoms. The van der Waals surface area contributed by atoms with E-state index in [2.05, 4.69) is 12.2 Å². The first-order valence-electron chi connectivity index (χ1n) is 7.82. The molecule has 3 unspecified atom stereocenters. The number of hydrogen-bond donors (Lipinski definition) is 1. The molecule has 3 aliphatic rings. The van der Waals surface area contributed by atoms with Gasteiger partial charge in [0.15, 0.2) is 0 Å². The number of esters is 1. The van der Waals surface area contributed by atoms with Crippen molar-refractivity contribution in [2.75, 3.05) is 6.54 Å². The van der Waals surface area contributed by atoms with E-state index >= 15 is 0 Å². The average Bonchev–Trinajstić information content (AvgIpc) is 3.02. The molecule has 2 N–H and O–H groups in total. The molecular formula is C16H25NO2. The quantitative estimate of drug-likeness (QED) is 0.626. The van der Waals surface area contributed by atoms with Crippen LogP contribution in [0.2, 0.25) is 0 Å². The van der Waals surface area contributed by atoms with Crippen LogP contribution in [0.5, 0.6) is 0 Å². The van der Waals surface area contributed by atoms with E-state index in [1.165, 1.54) is 12.8 Å². The van der Waals surface area contributed by atoms with Crippen molar-refractivity contribution >= 4 is 5.97 Å². The largest absolute Gasteiger partial charge is 0.462 e. The number of ether oxygens (including phenoxy) is 1. The molecule has 2 bridgehead atoms. The maximum atomic E-state index is 12.0. The van der Waals surface area contributed by atoms with Crippen molar-refractivity contribution < 1.29 is 9.53 Å². The first kappa shape index (κ1) is 13.2. The van der Waals surface area contributed by atoms with E-state index in [0.29, 0.717) is 24.2 Å². The highest BCUT2D eigenvalue weighted by atomic mass is 16.5.